The monoisotopic (exact) mass is 311 g/mol. The van der Waals surface area contributed by atoms with Gasteiger partial charge in [-0.2, -0.15) is 0 Å². The summed E-state index contributed by atoms with van der Waals surface area (Å²) in [7, 11) is 1.60. The Morgan fingerprint density at radius 3 is 2.50 bits per heavy atom. The molecule has 0 unspecified atom stereocenters. The summed E-state index contributed by atoms with van der Waals surface area (Å²) in [6, 6.07) is 6.29. The number of piperazine rings is 1. The predicted octanol–water partition coefficient (Wildman–Crippen LogP) is 1.28. The van der Waals surface area contributed by atoms with Gasteiger partial charge in [-0.25, -0.2) is 9.18 Å². The van der Waals surface area contributed by atoms with Crippen LogP contribution in [0.1, 0.15) is 0 Å². The second-order valence-electron chi connectivity index (χ2n) is 4.98. The molecule has 0 spiro atoms. The highest BCUT2D eigenvalue weighted by atomic mass is 19.1. The molecule has 0 saturated carbocycles. The number of nitrogens with one attached hydrogen (secondary N) is 1. The smallest absolute Gasteiger partial charge is 0.319 e. The van der Waals surface area contributed by atoms with Gasteiger partial charge in [0.2, 0.25) is 0 Å². The third kappa shape index (κ3) is 4.85. The zero-order chi connectivity index (χ0) is 15.8. The van der Waals surface area contributed by atoms with Crippen LogP contribution < -0.4 is 10.2 Å². The van der Waals surface area contributed by atoms with E-state index >= 15 is 0 Å². The fraction of sp³-hybridized carbons (Fsp3) is 0.533. The molecule has 0 atom stereocenters. The van der Waals surface area contributed by atoms with Crippen LogP contribution in [0.3, 0.4) is 0 Å². The van der Waals surface area contributed by atoms with Gasteiger partial charge < -0.3 is 24.6 Å². The number of hydrogen-bond acceptors (Lipinski definition) is 4. The number of nitrogens with zero attached hydrogens (tertiary/aromatic N) is 2. The molecule has 0 bridgehead atoms. The second-order valence-corrected chi connectivity index (χ2v) is 4.98. The molecule has 1 saturated heterocycles. The van der Waals surface area contributed by atoms with Crippen molar-refractivity contribution in [2.24, 2.45) is 0 Å². The van der Waals surface area contributed by atoms with Crippen molar-refractivity contribution in [2.45, 2.75) is 0 Å². The van der Waals surface area contributed by atoms with Gasteiger partial charge in [0.25, 0.3) is 0 Å². The number of ether oxygens (including phenoxy) is 2. The van der Waals surface area contributed by atoms with Crippen molar-refractivity contribution in [3.05, 3.63) is 30.1 Å². The largest absolute Gasteiger partial charge is 0.382 e. The molecule has 1 N–H and O–H groups in total. The number of anilines is 1. The highest BCUT2D eigenvalue weighted by Gasteiger charge is 2.20. The lowest BCUT2D eigenvalue weighted by Gasteiger charge is -2.36. The molecule has 1 aliphatic rings. The first-order chi connectivity index (χ1) is 10.7. The molecule has 6 nitrogen and oxygen atoms in total. The normalized spacial score (nSPS) is 15.0. The van der Waals surface area contributed by atoms with Gasteiger partial charge in [-0.1, -0.05) is 0 Å². The number of hydrogen-bond donors (Lipinski definition) is 1. The zero-order valence-corrected chi connectivity index (χ0v) is 12.8. The molecule has 0 aromatic heterocycles. The van der Waals surface area contributed by atoms with Gasteiger partial charge in [0.15, 0.2) is 0 Å². The number of halogens is 1. The maximum atomic E-state index is 12.9. The second kappa shape index (κ2) is 8.55. The van der Waals surface area contributed by atoms with Crippen LogP contribution in [0.2, 0.25) is 0 Å². The van der Waals surface area contributed by atoms with E-state index in [2.05, 4.69) is 10.2 Å². The molecule has 2 rings (SSSR count). The van der Waals surface area contributed by atoms with Crippen molar-refractivity contribution in [1.29, 1.82) is 0 Å². The van der Waals surface area contributed by atoms with Gasteiger partial charge >= 0.3 is 6.03 Å². The summed E-state index contributed by atoms with van der Waals surface area (Å²) in [6.45, 7) is 3.84. The van der Waals surface area contributed by atoms with Gasteiger partial charge in [0.05, 0.1) is 13.2 Å². The summed E-state index contributed by atoms with van der Waals surface area (Å²) in [5.74, 6) is -0.241. The van der Waals surface area contributed by atoms with E-state index in [1.54, 1.807) is 24.1 Å². The Morgan fingerprint density at radius 2 is 1.86 bits per heavy atom. The van der Waals surface area contributed by atoms with Crippen LogP contribution >= 0.6 is 0 Å². The van der Waals surface area contributed by atoms with E-state index < -0.39 is 0 Å². The highest BCUT2D eigenvalue weighted by molar-refractivity contribution is 5.74. The third-order valence-corrected chi connectivity index (χ3v) is 3.52. The highest BCUT2D eigenvalue weighted by Crippen LogP contribution is 2.16. The first-order valence-electron chi connectivity index (χ1n) is 7.30. The molecule has 0 aliphatic carbocycles. The molecule has 122 valence electrons. The minimum absolute atomic E-state index is 0.129. The van der Waals surface area contributed by atoms with Gasteiger partial charge in [0, 0.05) is 39.0 Å². The quantitative estimate of drug-likeness (QED) is 0.635. The van der Waals surface area contributed by atoms with Crippen molar-refractivity contribution in [3.8, 4) is 0 Å². The molecule has 1 fully saturated rings. The Kier molecular flexibility index (Phi) is 6.42. The van der Waals surface area contributed by atoms with Gasteiger partial charge in [-0.05, 0) is 24.3 Å². The SMILES string of the molecule is COCCOCNC(=O)N1CCN(c2ccc(F)cc2)CC1. The Hall–Kier alpha value is -1.86. The minimum Gasteiger partial charge on any atom is -0.382 e. The standard InChI is InChI=1S/C15H22FN3O3/c1-21-10-11-22-12-17-15(20)19-8-6-18(7-9-19)14-4-2-13(16)3-5-14/h2-5H,6-12H2,1H3,(H,17,20). The van der Waals surface area contributed by atoms with Crippen molar-refractivity contribution < 1.29 is 18.7 Å². The van der Waals surface area contributed by atoms with Crippen LogP contribution in [-0.4, -0.2) is 64.2 Å². The van der Waals surface area contributed by atoms with Gasteiger partial charge in [0.1, 0.15) is 12.5 Å². The van der Waals surface area contributed by atoms with E-state index in [4.69, 9.17) is 9.47 Å². The van der Waals surface area contributed by atoms with Gasteiger partial charge in [-0.15, -0.1) is 0 Å². The first kappa shape index (κ1) is 16.5. The van der Waals surface area contributed by atoms with Crippen LogP contribution in [-0.2, 0) is 9.47 Å². The van der Waals surface area contributed by atoms with Crippen LogP contribution in [0.25, 0.3) is 0 Å². The summed E-state index contributed by atoms with van der Waals surface area (Å²) >= 11 is 0. The van der Waals surface area contributed by atoms with Crippen molar-refractivity contribution in [1.82, 2.24) is 10.2 Å². The van der Waals surface area contributed by atoms with Crippen LogP contribution in [0.4, 0.5) is 14.9 Å². The Morgan fingerprint density at radius 1 is 1.18 bits per heavy atom. The first-order valence-corrected chi connectivity index (χ1v) is 7.30. The minimum atomic E-state index is -0.241. The molecule has 22 heavy (non-hydrogen) atoms. The molecular weight excluding hydrogens is 289 g/mol. The average Bonchev–Trinajstić information content (AvgIpc) is 2.55. The molecule has 1 aromatic carbocycles. The number of amides is 2. The van der Waals surface area contributed by atoms with E-state index in [0.717, 1.165) is 18.8 Å². The number of rotatable bonds is 6. The lowest BCUT2D eigenvalue weighted by Crippen LogP contribution is -2.52. The Balaban J connectivity index is 1.70. The third-order valence-electron chi connectivity index (χ3n) is 3.52. The van der Waals surface area contributed by atoms with E-state index in [1.165, 1.54) is 12.1 Å². The number of benzene rings is 1. The fourth-order valence-electron chi connectivity index (χ4n) is 2.26. The Bertz CT molecular complexity index is 462. The number of carbonyl (C=O) groups is 1. The summed E-state index contributed by atoms with van der Waals surface area (Å²) < 4.78 is 23.0. The topological polar surface area (TPSA) is 54.0 Å². The van der Waals surface area contributed by atoms with Crippen molar-refractivity contribution in [2.75, 3.05) is 58.1 Å². The van der Waals surface area contributed by atoms with E-state index in [9.17, 15) is 9.18 Å². The molecule has 7 heteroatoms. The van der Waals surface area contributed by atoms with E-state index in [-0.39, 0.29) is 18.6 Å². The summed E-state index contributed by atoms with van der Waals surface area (Å²) in [6.07, 6.45) is 0. The van der Waals surface area contributed by atoms with Crippen molar-refractivity contribution >= 4 is 11.7 Å². The van der Waals surface area contributed by atoms with E-state index in [1.807, 2.05) is 0 Å². The average molecular weight is 311 g/mol. The molecule has 2 amide bonds. The van der Waals surface area contributed by atoms with Crippen LogP contribution in [0.5, 0.6) is 0 Å². The molecule has 1 aliphatic heterocycles. The summed E-state index contributed by atoms with van der Waals surface area (Å²) in [4.78, 5) is 15.8. The van der Waals surface area contributed by atoms with Gasteiger partial charge in [-0.3, -0.25) is 0 Å². The summed E-state index contributed by atoms with van der Waals surface area (Å²) in [5, 5.41) is 2.71. The maximum Gasteiger partial charge on any atom is 0.319 e. The molecule has 1 heterocycles. The predicted molar refractivity (Wildman–Crippen MR) is 81.4 cm³/mol. The molecule has 0 radical (unpaired) electrons. The maximum absolute atomic E-state index is 12.9. The zero-order valence-electron chi connectivity index (χ0n) is 12.8. The summed E-state index contributed by atoms with van der Waals surface area (Å²) in [5.41, 5.74) is 0.976. The fourth-order valence-corrected chi connectivity index (χ4v) is 2.26. The van der Waals surface area contributed by atoms with E-state index in [0.29, 0.717) is 26.3 Å². The lowest BCUT2D eigenvalue weighted by atomic mass is 10.2. The van der Waals surface area contributed by atoms with Crippen LogP contribution in [0.15, 0.2) is 24.3 Å². The van der Waals surface area contributed by atoms with Crippen molar-refractivity contribution in [3.63, 3.8) is 0 Å². The molecular formula is C15H22FN3O3. The number of methoxy groups -OCH3 is 1. The Labute approximate surface area is 129 Å². The number of urea groups is 1. The molecule has 1 aromatic rings. The lowest BCUT2D eigenvalue weighted by molar-refractivity contribution is 0.0615. The van der Waals surface area contributed by atoms with Crippen LogP contribution in [0, 0.1) is 5.82 Å². The number of carbonyl (C=O) groups excluding carboxylic acids is 1.